The molecule has 8 nitrogen and oxygen atoms in total. The second-order valence-corrected chi connectivity index (χ2v) is 7.72. The minimum Gasteiger partial charge on any atom is -0.490 e. The van der Waals surface area contributed by atoms with E-state index in [0.717, 1.165) is 5.39 Å². The summed E-state index contributed by atoms with van der Waals surface area (Å²) < 4.78 is 21.9. The van der Waals surface area contributed by atoms with Crippen LogP contribution in [0, 0.1) is 3.57 Å². The van der Waals surface area contributed by atoms with Crippen molar-refractivity contribution in [3.8, 4) is 11.5 Å². The Morgan fingerprint density at radius 3 is 2.77 bits per heavy atom. The van der Waals surface area contributed by atoms with Crippen LogP contribution in [0.3, 0.4) is 0 Å². The zero-order chi connectivity index (χ0) is 22.4. The van der Waals surface area contributed by atoms with Crippen molar-refractivity contribution in [2.45, 2.75) is 6.92 Å². The largest absolute Gasteiger partial charge is 0.490 e. The van der Waals surface area contributed by atoms with Gasteiger partial charge in [-0.25, -0.2) is 10.2 Å². The van der Waals surface area contributed by atoms with Gasteiger partial charge in [-0.05, 0) is 71.5 Å². The third kappa shape index (κ3) is 5.88. The molecule has 0 saturated heterocycles. The van der Waals surface area contributed by atoms with E-state index in [9.17, 15) is 9.59 Å². The van der Waals surface area contributed by atoms with E-state index in [0.29, 0.717) is 37.8 Å². The van der Waals surface area contributed by atoms with Crippen LogP contribution in [0.1, 0.15) is 23.0 Å². The molecular formula is C21H18ClIN2O6. The Labute approximate surface area is 196 Å². The van der Waals surface area contributed by atoms with Crippen LogP contribution in [0.15, 0.2) is 45.9 Å². The van der Waals surface area contributed by atoms with Crippen molar-refractivity contribution in [1.29, 1.82) is 0 Å². The molecule has 0 spiro atoms. The Kier molecular flexibility index (Phi) is 7.75. The molecule has 3 aromatic rings. The summed E-state index contributed by atoms with van der Waals surface area (Å²) in [5.41, 5.74) is 3.64. The number of carbonyl (C=O) groups excluding carboxylic acids is 2. The van der Waals surface area contributed by atoms with Gasteiger partial charge >= 0.3 is 11.9 Å². The molecule has 1 N–H and O–H groups in total. The molecular weight excluding hydrogens is 539 g/mol. The van der Waals surface area contributed by atoms with E-state index in [1.807, 2.05) is 6.92 Å². The summed E-state index contributed by atoms with van der Waals surface area (Å²) in [5, 5.41) is 5.26. The lowest BCUT2D eigenvalue weighted by Crippen LogP contribution is -2.16. The predicted octanol–water partition coefficient (Wildman–Crippen LogP) is 4.41. The van der Waals surface area contributed by atoms with Gasteiger partial charge in [-0.15, -0.1) is 0 Å². The number of rotatable bonds is 8. The van der Waals surface area contributed by atoms with Gasteiger partial charge < -0.3 is 18.6 Å². The second-order valence-electron chi connectivity index (χ2n) is 6.12. The number of furan rings is 1. The fourth-order valence-corrected chi connectivity index (χ4v) is 3.56. The van der Waals surface area contributed by atoms with Crippen LogP contribution in [0.2, 0.25) is 5.02 Å². The maximum atomic E-state index is 12.3. The molecule has 0 atom stereocenters. The monoisotopic (exact) mass is 556 g/mol. The van der Waals surface area contributed by atoms with Gasteiger partial charge in [-0.3, -0.25) is 4.79 Å². The third-order valence-corrected chi connectivity index (χ3v) is 5.01. The molecule has 1 heterocycles. The molecule has 31 heavy (non-hydrogen) atoms. The first-order valence-electron chi connectivity index (χ1n) is 9.09. The maximum Gasteiger partial charge on any atom is 0.343 e. The van der Waals surface area contributed by atoms with E-state index in [-0.39, 0.29) is 12.4 Å². The molecule has 0 aliphatic rings. The fraction of sp³-hybridized carbons (Fsp3) is 0.190. The summed E-state index contributed by atoms with van der Waals surface area (Å²) in [6.07, 6.45) is 1.46. The summed E-state index contributed by atoms with van der Waals surface area (Å²) in [7, 11) is 1.29. The Morgan fingerprint density at radius 2 is 2.03 bits per heavy atom. The number of nitrogens with one attached hydrogen (secondary N) is 1. The number of hydrogen-bond acceptors (Lipinski definition) is 7. The normalized spacial score (nSPS) is 11.0. The minimum atomic E-state index is -0.501. The van der Waals surface area contributed by atoms with Crippen molar-refractivity contribution < 1.29 is 28.2 Å². The first-order valence-corrected chi connectivity index (χ1v) is 10.6. The number of benzene rings is 2. The number of ether oxygens (including phenoxy) is 3. The molecule has 0 aliphatic carbocycles. The number of carbonyl (C=O) groups is 2. The Bertz CT molecular complexity index is 1140. The predicted molar refractivity (Wildman–Crippen MR) is 124 cm³/mol. The van der Waals surface area contributed by atoms with Gasteiger partial charge in [0.05, 0.1) is 23.5 Å². The van der Waals surface area contributed by atoms with E-state index >= 15 is 0 Å². The van der Waals surface area contributed by atoms with Crippen molar-refractivity contribution in [3.05, 3.63) is 56.3 Å². The highest BCUT2D eigenvalue weighted by Crippen LogP contribution is 2.34. The lowest BCUT2D eigenvalue weighted by atomic mass is 10.2. The average Bonchev–Trinajstić information content (AvgIpc) is 3.16. The highest BCUT2D eigenvalue weighted by atomic mass is 127. The highest BCUT2D eigenvalue weighted by Gasteiger charge is 2.15. The van der Waals surface area contributed by atoms with E-state index < -0.39 is 11.9 Å². The Balaban J connectivity index is 1.72. The molecule has 1 aromatic heterocycles. The number of hydrazone groups is 1. The number of methoxy groups -OCH3 is 1. The smallest absolute Gasteiger partial charge is 0.343 e. The van der Waals surface area contributed by atoms with E-state index in [1.165, 1.54) is 13.3 Å². The van der Waals surface area contributed by atoms with Crippen molar-refractivity contribution in [2.75, 3.05) is 20.3 Å². The van der Waals surface area contributed by atoms with Crippen LogP contribution < -0.4 is 14.9 Å². The highest BCUT2D eigenvalue weighted by molar-refractivity contribution is 14.1. The van der Waals surface area contributed by atoms with Crippen LogP contribution in [0.25, 0.3) is 11.0 Å². The van der Waals surface area contributed by atoms with Gasteiger partial charge in [-0.1, -0.05) is 11.6 Å². The van der Waals surface area contributed by atoms with Crippen molar-refractivity contribution in [2.24, 2.45) is 5.10 Å². The number of halogens is 2. The zero-order valence-corrected chi connectivity index (χ0v) is 19.5. The topological polar surface area (TPSA) is 99.4 Å². The van der Waals surface area contributed by atoms with Crippen molar-refractivity contribution in [3.63, 3.8) is 0 Å². The van der Waals surface area contributed by atoms with Crippen LogP contribution in [0.5, 0.6) is 11.5 Å². The first kappa shape index (κ1) is 22.9. The summed E-state index contributed by atoms with van der Waals surface area (Å²) >= 11 is 8.02. The van der Waals surface area contributed by atoms with Crippen LogP contribution in [-0.4, -0.2) is 38.4 Å². The molecule has 0 unspecified atom stereocenters. The number of esters is 1. The number of hydrogen-bond donors (Lipinski definition) is 1. The first-order chi connectivity index (χ1) is 14.9. The van der Waals surface area contributed by atoms with Crippen molar-refractivity contribution in [1.82, 2.24) is 5.43 Å². The van der Waals surface area contributed by atoms with Crippen molar-refractivity contribution >= 4 is 63.3 Å². The standard InChI is InChI=1S/C21H18ClIN2O6/c1-3-29-17-7-12(6-15(23)20(17)30-11-19(26)28-2)10-24-25-21(27)18-9-13-8-14(22)4-5-16(13)31-18/h4-10H,3,11H2,1-2H3,(H,25,27)/b24-10+. The van der Waals surface area contributed by atoms with Gasteiger partial charge in [0.1, 0.15) is 5.58 Å². The lowest BCUT2D eigenvalue weighted by molar-refractivity contribution is -0.142. The molecule has 10 heteroatoms. The number of amides is 1. The van der Waals surface area contributed by atoms with Gasteiger partial charge in [-0.2, -0.15) is 5.10 Å². The molecule has 1 amide bonds. The fourth-order valence-electron chi connectivity index (χ4n) is 2.60. The number of nitrogens with zero attached hydrogens (tertiary/aromatic N) is 1. The molecule has 162 valence electrons. The SMILES string of the molecule is CCOc1cc(/C=N/NC(=O)c2cc3cc(Cl)ccc3o2)cc(I)c1OCC(=O)OC. The molecule has 3 rings (SSSR count). The summed E-state index contributed by atoms with van der Waals surface area (Å²) in [6, 6.07) is 10.1. The summed E-state index contributed by atoms with van der Waals surface area (Å²) in [5.74, 6) is -0.0124. The molecule has 0 saturated carbocycles. The van der Waals surface area contributed by atoms with Gasteiger partial charge in [0.2, 0.25) is 0 Å². The van der Waals surface area contributed by atoms with Crippen LogP contribution >= 0.6 is 34.2 Å². The Hall–Kier alpha value is -2.79. The van der Waals surface area contributed by atoms with E-state index in [4.69, 9.17) is 25.5 Å². The maximum absolute atomic E-state index is 12.3. The van der Waals surface area contributed by atoms with E-state index in [1.54, 1.807) is 36.4 Å². The van der Waals surface area contributed by atoms with E-state index in [2.05, 4.69) is 37.9 Å². The number of fused-ring (bicyclic) bond motifs is 1. The third-order valence-electron chi connectivity index (χ3n) is 3.98. The van der Waals surface area contributed by atoms with Gasteiger partial charge in [0, 0.05) is 10.4 Å². The average molecular weight is 557 g/mol. The van der Waals surface area contributed by atoms with Gasteiger partial charge in [0.15, 0.2) is 23.9 Å². The summed E-state index contributed by atoms with van der Waals surface area (Å²) in [6.45, 7) is 2.00. The molecule has 0 radical (unpaired) electrons. The zero-order valence-electron chi connectivity index (χ0n) is 16.6. The lowest BCUT2D eigenvalue weighted by Gasteiger charge is -2.13. The van der Waals surface area contributed by atoms with Crippen LogP contribution in [0.4, 0.5) is 0 Å². The van der Waals surface area contributed by atoms with Crippen LogP contribution in [-0.2, 0) is 9.53 Å². The summed E-state index contributed by atoms with van der Waals surface area (Å²) in [4.78, 5) is 23.7. The van der Waals surface area contributed by atoms with Gasteiger partial charge in [0.25, 0.3) is 0 Å². The molecule has 0 fully saturated rings. The quantitative estimate of drug-likeness (QED) is 0.191. The molecule has 0 aliphatic heterocycles. The molecule has 0 bridgehead atoms. The minimum absolute atomic E-state index is 0.116. The Morgan fingerprint density at radius 1 is 1.23 bits per heavy atom. The molecule has 2 aromatic carbocycles. The second kappa shape index (κ2) is 10.5.